The number of hydrogen-bond donors (Lipinski definition) is 2. The third kappa shape index (κ3) is 7.14. The van der Waals surface area contributed by atoms with Crippen LogP contribution in [0.5, 0.6) is 0 Å². The molecule has 43 heavy (non-hydrogen) atoms. The number of alkyl halides is 3. The van der Waals surface area contributed by atoms with E-state index in [4.69, 9.17) is 17.5 Å². The van der Waals surface area contributed by atoms with Gasteiger partial charge in [0.1, 0.15) is 11.4 Å². The molecule has 0 saturated carbocycles. The zero-order chi connectivity index (χ0) is 31.4. The maximum atomic E-state index is 15.2. The van der Waals surface area contributed by atoms with Crippen LogP contribution >= 0.6 is 12.2 Å². The lowest BCUT2D eigenvalue weighted by molar-refractivity contribution is -0.137. The number of hydrogen-bond acceptors (Lipinski definition) is 6. The Hall–Kier alpha value is -3.60. The first-order valence-corrected chi connectivity index (χ1v) is 14.6. The number of nitriles is 1. The van der Waals surface area contributed by atoms with E-state index in [-0.39, 0.29) is 22.1 Å². The molecule has 0 aromatic heterocycles. The molecule has 0 spiro atoms. The van der Waals surface area contributed by atoms with Crippen molar-refractivity contribution in [2.24, 2.45) is 0 Å². The van der Waals surface area contributed by atoms with Crippen LogP contribution in [0.25, 0.3) is 0 Å². The van der Waals surface area contributed by atoms with Gasteiger partial charge in [-0.2, -0.15) is 18.4 Å². The number of carbonyl (C=O) groups excluding carboxylic acids is 2. The van der Waals surface area contributed by atoms with E-state index in [1.54, 1.807) is 0 Å². The average Bonchev–Trinajstić information content (AvgIpc) is 3.14. The van der Waals surface area contributed by atoms with Crippen LogP contribution in [-0.4, -0.2) is 66.6 Å². The highest BCUT2D eigenvalue weighted by Gasteiger charge is 2.51. The van der Waals surface area contributed by atoms with E-state index >= 15 is 4.39 Å². The summed E-state index contributed by atoms with van der Waals surface area (Å²) in [4.78, 5) is 30.7. The zero-order valence-corrected chi connectivity index (χ0v) is 24.9. The number of piperazine rings is 1. The first-order chi connectivity index (χ1) is 20.4. The molecule has 2 amide bonds. The maximum absolute atomic E-state index is 15.2. The molecule has 2 fully saturated rings. The number of nitrogens with zero attached hydrogens (tertiary/aromatic N) is 4. The van der Waals surface area contributed by atoms with Crippen molar-refractivity contribution in [1.82, 2.24) is 15.5 Å². The molecular weight excluding hydrogens is 584 g/mol. The predicted molar refractivity (Wildman–Crippen MR) is 159 cm³/mol. The molecule has 13 heteroatoms. The number of rotatable bonds is 10. The van der Waals surface area contributed by atoms with Crippen LogP contribution in [-0.2, 0) is 11.0 Å². The second kappa shape index (κ2) is 13.4. The molecular formula is C30H34F4N6O2S. The quantitative estimate of drug-likeness (QED) is 0.224. The Morgan fingerprint density at radius 1 is 1.07 bits per heavy atom. The summed E-state index contributed by atoms with van der Waals surface area (Å²) in [6.45, 7) is 8.67. The van der Waals surface area contributed by atoms with Gasteiger partial charge in [0.2, 0.25) is 0 Å². The Morgan fingerprint density at radius 3 is 2.40 bits per heavy atom. The standard InChI is InChI=1S/C30H34F4N6O2S/c1-29(2)27(42)39(21-8-7-20(19-35)24(17-21)30(32,33)34)28(43)40(29)22-9-10-23(25(31)18-22)26(41)37-11-5-3-4-6-14-38-15-12-36-13-16-38/h7-10,17-18,36H,3-6,11-16H2,1-2H3,(H,37,41). The number of benzene rings is 2. The molecule has 230 valence electrons. The molecule has 0 radical (unpaired) electrons. The van der Waals surface area contributed by atoms with Gasteiger partial charge in [-0.1, -0.05) is 12.8 Å². The summed E-state index contributed by atoms with van der Waals surface area (Å²) in [5, 5.41) is 15.0. The van der Waals surface area contributed by atoms with E-state index in [1.165, 1.54) is 43.0 Å². The number of unbranched alkanes of at least 4 members (excludes halogenated alkanes) is 3. The average molecular weight is 619 g/mol. The van der Waals surface area contributed by atoms with Gasteiger partial charge >= 0.3 is 6.18 Å². The smallest absolute Gasteiger partial charge is 0.352 e. The Labute approximate surface area is 253 Å². The van der Waals surface area contributed by atoms with Crippen LogP contribution in [0.4, 0.5) is 28.9 Å². The second-order valence-electron chi connectivity index (χ2n) is 11.1. The highest BCUT2D eigenvalue weighted by molar-refractivity contribution is 7.81. The monoisotopic (exact) mass is 618 g/mol. The highest BCUT2D eigenvalue weighted by atomic mass is 32.1. The third-order valence-corrected chi connectivity index (χ3v) is 8.07. The largest absolute Gasteiger partial charge is 0.417 e. The van der Waals surface area contributed by atoms with Crippen molar-refractivity contribution in [2.45, 2.75) is 51.2 Å². The number of nitrogens with one attached hydrogen (secondary N) is 2. The summed E-state index contributed by atoms with van der Waals surface area (Å²) in [7, 11) is 0. The summed E-state index contributed by atoms with van der Waals surface area (Å²) >= 11 is 5.49. The van der Waals surface area contributed by atoms with Gasteiger partial charge in [-0.05, 0) is 81.8 Å². The third-order valence-electron chi connectivity index (χ3n) is 7.71. The van der Waals surface area contributed by atoms with Crippen LogP contribution in [0.15, 0.2) is 36.4 Å². The molecule has 2 aromatic carbocycles. The molecule has 0 bridgehead atoms. The fourth-order valence-electron chi connectivity index (χ4n) is 5.33. The van der Waals surface area contributed by atoms with Gasteiger partial charge in [0.15, 0.2) is 5.11 Å². The Balaban J connectivity index is 1.39. The van der Waals surface area contributed by atoms with E-state index in [2.05, 4.69) is 15.5 Å². The molecule has 2 aromatic rings. The number of halogens is 4. The van der Waals surface area contributed by atoms with Gasteiger partial charge in [-0.15, -0.1) is 0 Å². The molecule has 0 atom stereocenters. The summed E-state index contributed by atoms with van der Waals surface area (Å²) in [6, 6.07) is 8.20. The minimum absolute atomic E-state index is 0.161. The fourth-order valence-corrected chi connectivity index (χ4v) is 5.85. The second-order valence-corrected chi connectivity index (χ2v) is 11.4. The van der Waals surface area contributed by atoms with Crippen LogP contribution < -0.4 is 20.4 Å². The van der Waals surface area contributed by atoms with Gasteiger partial charge in [0, 0.05) is 38.4 Å². The van der Waals surface area contributed by atoms with Crippen molar-refractivity contribution in [1.29, 1.82) is 5.26 Å². The zero-order valence-electron chi connectivity index (χ0n) is 24.1. The fraction of sp³-hybridized carbons (Fsp3) is 0.467. The van der Waals surface area contributed by atoms with E-state index < -0.39 is 40.5 Å². The molecule has 0 unspecified atom stereocenters. The predicted octanol–water partition coefficient (Wildman–Crippen LogP) is 4.83. The van der Waals surface area contributed by atoms with Crippen LogP contribution in [0.1, 0.15) is 61.0 Å². The van der Waals surface area contributed by atoms with Crippen molar-refractivity contribution in [3.8, 4) is 6.07 Å². The molecule has 8 nitrogen and oxygen atoms in total. The van der Waals surface area contributed by atoms with Crippen molar-refractivity contribution in [3.05, 3.63) is 58.9 Å². The number of thiocarbonyl (C=S) groups is 1. The summed E-state index contributed by atoms with van der Waals surface area (Å²) in [5.74, 6) is -2.03. The van der Waals surface area contributed by atoms with Crippen molar-refractivity contribution >= 4 is 40.5 Å². The highest BCUT2D eigenvalue weighted by Crippen LogP contribution is 2.40. The van der Waals surface area contributed by atoms with Crippen molar-refractivity contribution in [2.75, 3.05) is 49.1 Å². The maximum Gasteiger partial charge on any atom is 0.417 e. The van der Waals surface area contributed by atoms with E-state index in [0.29, 0.717) is 12.6 Å². The topological polar surface area (TPSA) is 91.7 Å². The molecule has 2 N–H and O–H groups in total. The minimum Gasteiger partial charge on any atom is -0.352 e. The Kier molecular flexibility index (Phi) is 10.0. The Morgan fingerprint density at radius 2 is 1.74 bits per heavy atom. The summed E-state index contributed by atoms with van der Waals surface area (Å²) in [5.41, 5.74) is -3.35. The summed E-state index contributed by atoms with van der Waals surface area (Å²) < 4.78 is 55.9. The van der Waals surface area contributed by atoms with E-state index in [1.807, 2.05) is 0 Å². The first-order valence-electron chi connectivity index (χ1n) is 14.2. The van der Waals surface area contributed by atoms with Gasteiger partial charge in [0.25, 0.3) is 11.8 Å². The van der Waals surface area contributed by atoms with Crippen LogP contribution in [0.2, 0.25) is 0 Å². The van der Waals surface area contributed by atoms with Gasteiger partial charge in [0.05, 0.1) is 28.4 Å². The lowest BCUT2D eigenvalue weighted by Gasteiger charge is -2.29. The van der Waals surface area contributed by atoms with Crippen molar-refractivity contribution < 1.29 is 27.2 Å². The van der Waals surface area contributed by atoms with Gasteiger partial charge < -0.3 is 20.4 Å². The number of carbonyl (C=O) groups is 2. The normalized spacial score (nSPS) is 17.3. The van der Waals surface area contributed by atoms with E-state index in [9.17, 15) is 22.8 Å². The van der Waals surface area contributed by atoms with E-state index in [0.717, 1.165) is 75.4 Å². The first kappa shape index (κ1) is 32.3. The van der Waals surface area contributed by atoms with Crippen LogP contribution in [0, 0.1) is 17.1 Å². The van der Waals surface area contributed by atoms with Gasteiger partial charge in [-0.3, -0.25) is 14.5 Å². The Bertz CT molecular complexity index is 1420. The molecule has 0 aliphatic carbocycles. The number of anilines is 2. The molecule has 4 rings (SSSR count). The lowest BCUT2D eigenvalue weighted by Crippen LogP contribution is -2.44. The SMILES string of the molecule is CC1(C)C(=O)N(c2ccc(C#N)c(C(F)(F)F)c2)C(=S)N1c1ccc(C(=O)NCCCCCCN2CCNCC2)c(F)c1. The summed E-state index contributed by atoms with van der Waals surface area (Å²) in [6.07, 6.45) is -0.974. The van der Waals surface area contributed by atoms with Crippen LogP contribution in [0.3, 0.4) is 0 Å². The van der Waals surface area contributed by atoms with Gasteiger partial charge in [-0.25, -0.2) is 4.39 Å². The van der Waals surface area contributed by atoms with Crippen molar-refractivity contribution in [3.63, 3.8) is 0 Å². The molecule has 2 aliphatic rings. The minimum atomic E-state index is -4.83. The molecule has 2 saturated heterocycles. The molecule has 2 heterocycles. The lowest BCUT2D eigenvalue weighted by atomic mass is 10.0. The molecule has 2 aliphatic heterocycles. The number of amides is 2.